The van der Waals surface area contributed by atoms with Crippen LogP contribution in [0.1, 0.15) is 18.3 Å². The first-order valence-electron chi connectivity index (χ1n) is 5.12. The molecule has 0 aliphatic heterocycles. The standard InChI is InChI=1S/C10H9ClF3N3O/c1-2-18-5-7-15-16-9-8(10(12,13)14)6(11)3-4-17(7)9/h3-4H,2,5H2,1H3. The maximum Gasteiger partial charge on any atom is 0.421 e. The fourth-order valence-electron chi connectivity index (χ4n) is 1.53. The van der Waals surface area contributed by atoms with Crippen LogP contribution in [0.5, 0.6) is 0 Å². The molecule has 0 aromatic carbocycles. The van der Waals surface area contributed by atoms with Crippen molar-refractivity contribution in [3.05, 3.63) is 28.7 Å². The van der Waals surface area contributed by atoms with Crippen LogP contribution in [0.2, 0.25) is 5.02 Å². The summed E-state index contributed by atoms with van der Waals surface area (Å²) in [5.41, 5.74) is -1.30. The molecule has 0 N–H and O–H groups in total. The van der Waals surface area contributed by atoms with E-state index in [4.69, 9.17) is 16.3 Å². The van der Waals surface area contributed by atoms with Crippen molar-refractivity contribution in [2.45, 2.75) is 19.7 Å². The highest BCUT2D eigenvalue weighted by atomic mass is 35.5. The third kappa shape index (κ3) is 2.28. The van der Waals surface area contributed by atoms with Crippen molar-refractivity contribution in [3.63, 3.8) is 0 Å². The average molecular weight is 280 g/mol. The van der Waals surface area contributed by atoms with Gasteiger partial charge >= 0.3 is 6.18 Å². The maximum absolute atomic E-state index is 12.8. The molecule has 0 saturated heterocycles. The van der Waals surface area contributed by atoms with Gasteiger partial charge in [0.1, 0.15) is 12.2 Å². The van der Waals surface area contributed by atoms with Gasteiger partial charge in [0.15, 0.2) is 11.5 Å². The van der Waals surface area contributed by atoms with E-state index in [1.807, 2.05) is 0 Å². The smallest absolute Gasteiger partial charge is 0.374 e. The van der Waals surface area contributed by atoms with Gasteiger partial charge in [0, 0.05) is 12.8 Å². The summed E-state index contributed by atoms with van der Waals surface area (Å²) in [5, 5.41) is 6.81. The quantitative estimate of drug-likeness (QED) is 0.867. The molecule has 0 saturated carbocycles. The monoisotopic (exact) mass is 279 g/mol. The van der Waals surface area contributed by atoms with Crippen LogP contribution >= 0.6 is 11.6 Å². The number of fused-ring (bicyclic) bond motifs is 1. The molecular weight excluding hydrogens is 271 g/mol. The van der Waals surface area contributed by atoms with Gasteiger partial charge in [-0.3, -0.25) is 4.40 Å². The second kappa shape index (κ2) is 4.74. The Labute approximate surface area is 105 Å². The zero-order valence-electron chi connectivity index (χ0n) is 9.33. The Bertz CT molecular complexity index is 567. The first kappa shape index (κ1) is 13.1. The number of alkyl halides is 3. The Balaban J connectivity index is 2.58. The lowest BCUT2D eigenvalue weighted by Crippen LogP contribution is -2.09. The zero-order valence-corrected chi connectivity index (χ0v) is 10.1. The van der Waals surface area contributed by atoms with E-state index >= 15 is 0 Å². The highest BCUT2D eigenvalue weighted by Crippen LogP contribution is 2.37. The zero-order chi connectivity index (χ0) is 13.3. The van der Waals surface area contributed by atoms with E-state index in [1.165, 1.54) is 10.6 Å². The van der Waals surface area contributed by atoms with Gasteiger partial charge < -0.3 is 4.74 Å². The Morgan fingerprint density at radius 1 is 1.39 bits per heavy atom. The first-order chi connectivity index (χ1) is 8.45. The predicted molar refractivity (Wildman–Crippen MR) is 58.3 cm³/mol. The fourth-order valence-corrected chi connectivity index (χ4v) is 1.78. The molecule has 2 aromatic heterocycles. The normalized spacial score (nSPS) is 12.3. The summed E-state index contributed by atoms with van der Waals surface area (Å²) in [4.78, 5) is 0. The molecule has 0 fully saturated rings. The van der Waals surface area contributed by atoms with Crippen molar-refractivity contribution in [1.29, 1.82) is 0 Å². The van der Waals surface area contributed by atoms with Crippen molar-refractivity contribution >= 4 is 17.2 Å². The molecule has 0 spiro atoms. The Kier molecular flexibility index (Phi) is 3.45. The molecule has 2 heterocycles. The molecule has 0 atom stereocenters. The Hall–Kier alpha value is -1.34. The van der Waals surface area contributed by atoms with Gasteiger partial charge in [-0.25, -0.2) is 0 Å². The summed E-state index contributed by atoms with van der Waals surface area (Å²) in [5.74, 6) is 0.300. The van der Waals surface area contributed by atoms with Gasteiger partial charge in [0.05, 0.1) is 5.02 Å². The molecule has 2 aromatic rings. The fraction of sp³-hybridized carbons (Fsp3) is 0.400. The number of pyridine rings is 1. The molecule has 0 unspecified atom stereocenters. The first-order valence-corrected chi connectivity index (χ1v) is 5.50. The molecule has 0 aliphatic carbocycles. The van der Waals surface area contributed by atoms with E-state index in [0.717, 1.165) is 6.07 Å². The second-order valence-corrected chi connectivity index (χ2v) is 3.89. The van der Waals surface area contributed by atoms with Crippen molar-refractivity contribution in [1.82, 2.24) is 14.6 Å². The molecule has 0 amide bonds. The lowest BCUT2D eigenvalue weighted by atomic mass is 10.2. The van der Waals surface area contributed by atoms with Crippen LogP contribution in [-0.2, 0) is 17.5 Å². The van der Waals surface area contributed by atoms with Crippen molar-refractivity contribution in [2.24, 2.45) is 0 Å². The Morgan fingerprint density at radius 2 is 2.11 bits per heavy atom. The van der Waals surface area contributed by atoms with Crippen molar-refractivity contribution < 1.29 is 17.9 Å². The molecule has 0 radical (unpaired) electrons. The lowest BCUT2D eigenvalue weighted by Gasteiger charge is -2.09. The van der Waals surface area contributed by atoms with Crippen LogP contribution in [0, 0.1) is 0 Å². The highest BCUT2D eigenvalue weighted by Gasteiger charge is 2.37. The van der Waals surface area contributed by atoms with Gasteiger partial charge in [-0.1, -0.05) is 11.6 Å². The molecular formula is C10H9ClF3N3O. The van der Waals surface area contributed by atoms with Crippen LogP contribution in [0.3, 0.4) is 0 Å². The summed E-state index contributed by atoms with van der Waals surface area (Å²) in [7, 11) is 0. The summed E-state index contributed by atoms with van der Waals surface area (Å²) >= 11 is 5.57. The van der Waals surface area contributed by atoms with Crippen LogP contribution in [0.25, 0.3) is 5.65 Å². The van der Waals surface area contributed by atoms with E-state index in [-0.39, 0.29) is 12.3 Å². The highest BCUT2D eigenvalue weighted by molar-refractivity contribution is 6.31. The van der Waals surface area contributed by atoms with E-state index in [0.29, 0.717) is 12.4 Å². The van der Waals surface area contributed by atoms with Crippen molar-refractivity contribution in [2.75, 3.05) is 6.61 Å². The van der Waals surface area contributed by atoms with E-state index < -0.39 is 16.8 Å². The maximum atomic E-state index is 12.8. The number of nitrogens with zero attached hydrogens (tertiary/aromatic N) is 3. The number of ether oxygens (including phenoxy) is 1. The molecule has 98 valence electrons. The van der Waals surface area contributed by atoms with Crippen molar-refractivity contribution in [3.8, 4) is 0 Å². The largest absolute Gasteiger partial charge is 0.421 e. The predicted octanol–water partition coefficient (Wildman–Crippen LogP) is 2.94. The summed E-state index contributed by atoms with van der Waals surface area (Å²) in [6.45, 7) is 2.31. The lowest BCUT2D eigenvalue weighted by molar-refractivity contribution is -0.136. The molecule has 4 nitrogen and oxygen atoms in total. The van der Waals surface area contributed by atoms with Crippen LogP contribution in [0.4, 0.5) is 13.2 Å². The summed E-state index contributed by atoms with van der Waals surface area (Å²) in [6.07, 6.45) is -3.18. The van der Waals surface area contributed by atoms with Gasteiger partial charge in [-0.05, 0) is 13.0 Å². The minimum atomic E-state index is -4.57. The van der Waals surface area contributed by atoms with E-state index in [1.54, 1.807) is 6.92 Å². The molecule has 18 heavy (non-hydrogen) atoms. The van der Waals surface area contributed by atoms with Crippen LogP contribution in [0.15, 0.2) is 12.3 Å². The number of aromatic nitrogens is 3. The number of rotatable bonds is 3. The van der Waals surface area contributed by atoms with Gasteiger partial charge in [-0.2, -0.15) is 13.2 Å². The van der Waals surface area contributed by atoms with E-state index in [9.17, 15) is 13.2 Å². The topological polar surface area (TPSA) is 39.4 Å². The molecule has 2 rings (SSSR count). The summed E-state index contributed by atoms with van der Waals surface area (Å²) in [6, 6.07) is 1.16. The van der Waals surface area contributed by atoms with Crippen LogP contribution < -0.4 is 0 Å². The van der Waals surface area contributed by atoms with Crippen LogP contribution in [-0.4, -0.2) is 21.2 Å². The third-order valence-corrected chi connectivity index (χ3v) is 2.63. The third-order valence-electron chi connectivity index (χ3n) is 2.32. The SMILES string of the molecule is CCOCc1nnc2c(C(F)(F)F)c(Cl)ccn12. The number of hydrogen-bond acceptors (Lipinski definition) is 3. The average Bonchev–Trinajstić information content (AvgIpc) is 2.67. The van der Waals surface area contributed by atoms with E-state index in [2.05, 4.69) is 10.2 Å². The van der Waals surface area contributed by atoms with Gasteiger partial charge in [0.25, 0.3) is 0 Å². The second-order valence-electron chi connectivity index (χ2n) is 3.48. The molecule has 8 heteroatoms. The Morgan fingerprint density at radius 3 is 2.72 bits per heavy atom. The molecule has 0 aliphatic rings. The summed E-state index contributed by atoms with van der Waals surface area (Å²) < 4.78 is 44.9. The minimum absolute atomic E-state index is 0.0938. The number of hydrogen-bond donors (Lipinski definition) is 0. The molecule has 0 bridgehead atoms. The van der Waals surface area contributed by atoms with Gasteiger partial charge in [0.2, 0.25) is 0 Å². The minimum Gasteiger partial charge on any atom is -0.374 e. The van der Waals surface area contributed by atoms with Gasteiger partial charge in [-0.15, -0.1) is 10.2 Å². The number of halogens is 4.